The zero-order valence-electron chi connectivity index (χ0n) is 21.7. The number of ketones is 1. The van der Waals surface area contributed by atoms with Crippen LogP contribution in [0.25, 0.3) is 0 Å². The number of rotatable bonds is 11. The van der Waals surface area contributed by atoms with Gasteiger partial charge in [-0.15, -0.1) is 0 Å². The van der Waals surface area contributed by atoms with Crippen molar-refractivity contribution < 1.29 is 27.5 Å². The Morgan fingerprint density at radius 1 is 1.08 bits per heavy atom. The Morgan fingerprint density at radius 2 is 1.76 bits per heavy atom. The van der Waals surface area contributed by atoms with Gasteiger partial charge < -0.3 is 15.4 Å². The Morgan fingerprint density at radius 3 is 2.37 bits per heavy atom. The number of carbonyl (C=O) groups excluding carboxylic acids is 3. The molecule has 2 aromatic rings. The molecule has 0 aromatic heterocycles. The Balaban J connectivity index is 1.41. The third-order valence-corrected chi connectivity index (χ3v) is 8.93. The molecule has 1 unspecified atom stereocenters. The van der Waals surface area contributed by atoms with Crippen LogP contribution in [0.5, 0.6) is 0 Å². The number of hydrogen-bond donors (Lipinski definition) is 3. The number of anilines is 1. The van der Waals surface area contributed by atoms with Crippen LogP contribution < -0.4 is 15.4 Å². The van der Waals surface area contributed by atoms with Gasteiger partial charge in [0.2, 0.25) is 5.91 Å². The van der Waals surface area contributed by atoms with E-state index in [0.29, 0.717) is 24.1 Å². The molecule has 1 saturated carbocycles. The fourth-order valence-electron chi connectivity index (χ4n) is 5.03. The number of Topliss-reactive ketones (excluding diaryl/α,β-unsaturated/α-hetero) is 1. The van der Waals surface area contributed by atoms with Crippen LogP contribution in [0, 0.1) is 11.3 Å². The van der Waals surface area contributed by atoms with Crippen molar-refractivity contribution in [2.24, 2.45) is 11.3 Å². The number of benzene rings is 2. The highest BCUT2D eigenvalue weighted by atomic mass is 32.2. The van der Waals surface area contributed by atoms with Gasteiger partial charge in [-0.25, -0.2) is 8.42 Å². The summed E-state index contributed by atoms with van der Waals surface area (Å²) in [6.07, 6.45) is 4.02. The fourth-order valence-corrected chi connectivity index (χ4v) is 6.11. The highest BCUT2D eigenvalue weighted by Crippen LogP contribution is 2.44. The second kappa shape index (κ2) is 11.7. The second-order valence-corrected chi connectivity index (χ2v) is 12.1. The standard InChI is InChI=1S/C28H35N3O6S/c1-3-25-22(24(32)18-37-25)17-29-27(34)23(16-28(2)14-7-15-28)30-26(33)19-10-12-20(13-11-19)31-38(35,36)21-8-5-4-6-9-21/h4-6,8-13,22-23,25,31H,3,7,14-18H2,1-2H3,(H,29,34)(H,30,33)/t22?,23-,25-/m0/s1. The lowest BCUT2D eigenvalue weighted by Crippen LogP contribution is -2.51. The molecule has 3 N–H and O–H groups in total. The van der Waals surface area contributed by atoms with Gasteiger partial charge in [-0.05, 0) is 67.5 Å². The predicted molar refractivity (Wildman–Crippen MR) is 143 cm³/mol. The lowest BCUT2D eigenvalue weighted by atomic mass is 9.67. The molecule has 38 heavy (non-hydrogen) atoms. The highest BCUT2D eigenvalue weighted by Gasteiger charge is 2.39. The highest BCUT2D eigenvalue weighted by molar-refractivity contribution is 7.92. The average molecular weight is 542 g/mol. The molecule has 3 atom stereocenters. The van der Waals surface area contributed by atoms with Gasteiger partial charge in [0, 0.05) is 17.8 Å². The van der Waals surface area contributed by atoms with E-state index in [1.165, 1.54) is 36.4 Å². The van der Waals surface area contributed by atoms with E-state index in [1.54, 1.807) is 18.2 Å². The van der Waals surface area contributed by atoms with Crippen LogP contribution in [0.15, 0.2) is 59.5 Å². The first kappa shape index (κ1) is 27.8. The van der Waals surface area contributed by atoms with Gasteiger partial charge >= 0.3 is 0 Å². The molecule has 1 heterocycles. The lowest BCUT2D eigenvalue weighted by Gasteiger charge is -2.40. The third kappa shape index (κ3) is 6.60. The van der Waals surface area contributed by atoms with Crippen LogP contribution in [-0.2, 0) is 24.3 Å². The zero-order chi connectivity index (χ0) is 27.3. The van der Waals surface area contributed by atoms with E-state index in [1.807, 2.05) is 6.92 Å². The van der Waals surface area contributed by atoms with E-state index < -0.39 is 22.0 Å². The molecule has 204 valence electrons. The summed E-state index contributed by atoms with van der Waals surface area (Å²) < 4.78 is 33.1. The molecule has 2 fully saturated rings. The number of ether oxygens (including phenoxy) is 1. The van der Waals surface area contributed by atoms with Gasteiger partial charge in [-0.3, -0.25) is 19.1 Å². The van der Waals surface area contributed by atoms with Crippen molar-refractivity contribution in [2.75, 3.05) is 17.9 Å². The Kier molecular flexibility index (Phi) is 8.52. The molecule has 1 aliphatic carbocycles. The number of sulfonamides is 1. The van der Waals surface area contributed by atoms with Crippen LogP contribution in [0.1, 0.15) is 56.3 Å². The van der Waals surface area contributed by atoms with E-state index in [0.717, 1.165) is 19.3 Å². The molecule has 0 bridgehead atoms. The monoisotopic (exact) mass is 541 g/mol. The van der Waals surface area contributed by atoms with Gasteiger partial charge in [-0.1, -0.05) is 38.5 Å². The van der Waals surface area contributed by atoms with Gasteiger partial charge in [0.25, 0.3) is 15.9 Å². The summed E-state index contributed by atoms with van der Waals surface area (Å²) in [5, 5.41) is 5.72. The van der Waals surface area contributed by atoms with E-state index >= 15 is 0 Å². The van der Waals surface area contributed by atoms with E-state index in [2.05, 4.69) is 22.3 Å². The van der Waals surface area contributed by atoms with E-state index in [-0.39, 0.29) is 47.2 Å². The van der Waals surface area contributed by atoms with E-state index in [4.69, 9.17) is 4.74 Å². The van der Waals surface area contributed by atoms with Crippen LogP contribution >= 0.6 is 0 Å². The Bertz CT molecular complexity index is 1260. The van der Waals surface area contributed by atoms with Gasteiger partial charge in [0.05, 0.1) is 16.9 Å². The number of nitrogens with one attached hydrogen (secondary N) is 3. The Hall–Kier alpha value is -3.24. The lowest BCUT2D eigenvalue weighted by molar-refractivity contribution is -0.125. The molecule has 9 nitrogen and oxygen atoms in total. The predicted octanol–water partition coefficient (Wildman–Crippen LogP) is 3.28. The molecular formula is C28H35N3O6S. The molecule has 4 rings (SSSR count). The van der Waals surface area contributed by atoms with E-state index in [9.17, 15) is 22.8 Å². The van der Waals surface area contributed by atoms with Crippen molar-refractivity contribution in [3.8, 4) is 0 Å². The van der Waals surface area contributed by atoms with Crippen LogP contribution in [0.2, 0.25) is 0 Å². The van der Waals surface area contributed by atoms with Crippen molar-refractivity contribution in [2.45, 2.75) is 63.0 Å². The smallest absolute Gasteiger partial charge is 0.261 e. The normalized spacial score (nSPS) is 21.3. The maximum atomic E-state index is 13.2. The first-order chi connectivity index (χ1) is 18.1. The molecule has 1 aliphatic heterocycles. The summed E-state index contributed by atoms with van der Waals surface area (Å²) in [7, 11) is -3.75. The summed E-state index contributed by atoms with van der Waals surface area (Å²) >= 11 is 0. The maximum Gasteiger partial charge on any atom is 0.261 e. The minimum Gasteiger partial charge on any atom is -0.370 e. The average Bonchev–Trinajstić information content (AvgIpc) is 3.25. The molecule has 2 amide bonds. The molecular weight excluding hydrogens is 506 g/mol. The number of carbonyl (C=O) groups is 3. The summed E-state index contributed by atoms with van der Waals surface area (Å²) in [6, 6.07) is 13.3. The second-order valence-electron chi connectivity index (χ2n) is 10.5. The number of hydrogen-bond acceptors (Lipinski definition) is 6. The third-order valence-electron chi connectivity index (χ3n) is 7.53. The van der Waals surface area contributed by atoms with Crippen LogP contribution in [-0.4, -0.2) is 51.3 Å². The van der Waals surface area contributed by atoms with Crippen molar-refractivity contribution in [3.05, 3.63) is 60.2 Å². The summed E-state index contributed by atoms with van der Waals surface area (Å²) in [5.41, 5.74) is 0.581. The minimum atomic E-state index is -3.75. The van der Waals surface area contributed by atoms with Gasteiger partial charge in [0.15, 0.2) is 5.78 Å². The molecule has 10 heteroatoms. The number of amides is 2. The molecule has 0 spiro atoms. The summed E-state index contributed by atoms with van der Waals surface area (Å²) in [4.78, 5) is 38.6. The van der Waals surface area contributed by atoms with Crippen molar-refractivity contribution >= 4 is 33.3 Å². The SMILES string of the molecule is CC[C@@H]1OCC(=O)C1CNC(=O)[C@H](CC1(C)CCC1)NC(=O)c1ccc(NS(=O)(=O)c2ccccc2)cc1. The fraction of sp³-hybridized carbons (Fsp3) is 0.464. The first-order valence-electron chi connectivity index (χ1n) is 13.0. The summed E-state index contributed by atoms with van der Waals surface area (Å²) in [5.74, 6) is -1.16. The minimum absolute atomic E-state index is 0.0216. The van der Waals surface area contributed by atoms with Gasteiger partial charge in [0.1, 0.15) is 12.6 Å². The summed E-state index contributed by atoms with van der Waals surface area (Å²) in [6.45, 7) is 4.29. The largest absolute Gasteiger partial charge is 0.370 e. The topological polar surface area (TPSA) is 131 Å². The van der Waals surface area contributed by atoms with Gasteiger partial charge in [-0.2, -0.15) is 0 Å². The van der Waals surface area contributed by atoms with Crippen molar-refractivity contribution in [3.63, 3.8) is 0 Å². The first-order valence-corrected chi connectivity index (χ1v) is 14.5. The Labute approximate surface area is 223 Å². The zero-order valence-corrected chi connectivity index (χ0v) is 22.6. The molecule has 0 radical (unpaired) electrons. The quantitative estimate of drug-likeness (QED) is 0.400. The van der Waals surface area contributed by atoms with Crippen molar-refractivity contribution in [1.82, 2.24) is 10.6 Å². The maximum absolute atomic E-state index is 13.2. The van der Waals surface area contributed by atoms with Crippen LogP contribution in [0.3, 0.4) is 0 Å². The molecule has 1 saturated heterocycles. The van der Waals surface area contributed by atoms with Crippen LogP contribution in [0.4, 0.5) is 5.69 Å². The molecule has 2 aliphatic rings. The van der Waals surface area contributed by atoms with Crippen molar-refractivity contribution in [1.29, 1.82) is 0 Å². The molecule has 2 aromatic carbocycles.